The Morgan fingerprint density at radius 2 is 1.77 bits per heavy atom. The van der Waals surface area contributed by atoms with Crippen LogP contribution in [0.1, 0.15) is 6.92 Å². The maximum Gasteiger partial charge on any atom is 0.506 e. The van der Waals surface area contributed by atoms with Gasteiger partial charge >= 0.3 is 12.3 Å². The van der Waals surface area contributed by atoms with Crippen molar-refractivity contribution in [2.45, 2.75) is 13.0 Å². The summed E-state index contributed by atoms with van der Waals surface area (Å²) in [6, 6.07) is 0. The van der Waals surface area contributed by atoms with E-state index in [-0.39, 0.29) is 6.61 Å². The highest BCUT2D eigenvalue weighted by Crippen LogP contribution is 1.92. The van der Waals surface area contributed by atoms with Gasteiger partial charge in [-0.15, -0.1) is 13.2 Å². The summed E-state index contributed by atoms with van der Waals surface area (Å²) in [5, 5.41) is 16.0. The van der Waals surface area contributed by atoms with Crippen molar-refractivity contribution in [2.24, 2.45) is 0 Å². The Bertz CT molecular complexity index is 166. The monoisotopic (exact) mass is 192 g/mol. The third-order valence-corrected chi connectivity index (χ3v) is 0.744. The molecule has 0 radical (unpaired) electrons. The van der Waals surface area contributed by atoms with Crippen molar-refractivity contribution in [1.29, 1.82) is 0 Å². The van der Waals surface area contributed by atoms with Crippen LogP contribution in [-0.2, 0) is 9.47 Å². The molecule has 2 N–H and O–H groups in total. The zero-order valence-electron chi connectivity index (χ0n) is 7.23. The van der Waals surface area contributed by atoms with E-state index in [0.717, 1.165) is 0 Å². The van der Waals surface area contributed by atoms with E-state index in [2.05, 4.69) is 22.6 Å². The van der Waals surface area contributed by atoms with Crippen molar-refractivity contribution in [1.82, 2.24) is 0 Å². The number of hydrogen-bond donors (Lipinski definition) is 2. The van der Waals surface area contributed by atoms with Gasteiger partial charge in [-0.05, 0) is 6.92 Å². The molecule has 13 heavy (non-hydrogen) atoms. The fourth-order valence-electron chi connectivity index (χ4n) is 0.395. The number of carboxylic acid groups (broad SMARTS) is 2. The molecule has 0 aromatic carbocycles. The molecule has 1 unspecified atom stereocenters. The minimum Gasteiger partial charge on any atom is -0.450 e. The average Bonchev–Trinajstić information content (AvgIpc) is 2.03. The van der Waals surface area contributed by atoms with Crippen molar-refractivity contribution in [3.8, 4) is 0 Å². The first kappa shape index (κ1) is 13.8. The topological polar surface area (TPSA) is 93.1 Å². The molecule has 1 atom stereocenters. The van der Waals surface area contributed by atoms with Gasteiger partial charge in [-0.1, -0.05) is 0 Å². The maximum atomic E-state index is 9.83. The molecule has 0 heterocycles. The predicted molar refractivity (Wildman–Crippen MR) is 43.8 cm³/mol. The molecule has 0 aliphatic heterocycles. The Labute approximate surface area is 75.4 Å². The molecule has 0 rings (SSSR count). The molecular formula is C7H12O6. The number of hydrogen-bond acceptors (Lipinski definition) is 4. The van der Waals surface area contributed by atoms with Gasteiger partial charge in [0.1, 0.15) is 12.7 Å². The van der Waals surface area contributed by atoms with Crippen molar-refractivity contribution in [3.63, 3.8) is 0 Å². The normalized spacial score (nSPS) is 10.2. The van der Waals surface area contributed by atoms with Crippen molar-refractivity contribution in [2.75, 3.05) is 6.61 Å². The van der Waals surface area contributed by atoms with Crippen LogP contribution < -0.4 is 0 Å². The van der Waals surface area contributed by atoms with E-state index < -0.39 is 18.4 Å². The minimum atomic E-state index is -1.45. The molecular weight excluding hydrogens is 180 g/mol. The van der Waals surface area contributed by atoms with Crippen LogP contribution >= 0.6 is 0 Å². The van der Waals surface area contributed by atoms with E-state index in [1.165, 1.54) is 6.92 Å². The Kier molecular flexibility index (Phi) is 8.92. The Morgan fingerprint density at radius 1 is 1.31 bits per heavy atom. The number of ether oxygens (including phenoxy) is 2. The van der Waals surface area contributed by atoms with Gasteiger partial charge in [-0.3, -0.25) is 0 Å². The number of carbonyl (C=O) groups is 2. The quantitative estimate of drug-likeness (QED) is 0.520. The van der Waals surface area contributed by atoms with E-state index >= 15 is 0 Å². The summed E-state index contributed by atoms with van der Waals surface area (Å²) in [4.78, 5) is 19.6. The van der Waals surface area contributed by atoms with Gasteiger partial charge in [0.2, 0.25) is 0 Å². The summed E-state index contributed by atoms with van der Waals surface area (Å²) >= 11 is 0. The standard InChI is InChI=1S/C5H8O6.C2H4/c1-3(11-5(8)9)2-10-4(6)7;1-2/h3H,2H2,1H3,(H,6,7)(H,8,9);1-2H2. The summed E-state index contributed by atoms with van der Waals surface area (Å²) < 4.78 is 8.16. The zero-order chi connectivity index (χ0) is 10.9. The van der Waals surface area contributed by atoms with Crippen LogP contribution in [0.5, 0.6) is 0 Å². The van der Waals surface area contributed by atoms with Crippen LogP contribution in [0.15, 0.2) is 13.2 Å². The van der Waals surface area contributed by atoms with Gasteiger partial charge in [0, 0.05) is 0 Å². The first-order valence-corrected chi connectivity index (χ1v) is 3.27. The lowest BCUT2D eigenvalue weighted by molar-refractivity contribution is 0.0122. The largest absolute Gasteiger partial charge is 0.506 e. The summed E-state index contributed by atoms with van der Waals surface area (Å²) in [7, 11) is 0. The lowest BCUT2D eigenvalue weighted by atomic mass is 10.4. The zero-order valence-corrected chi connectivity index (χ0v) is 7.23. The second-order valence-electron chi connectivity index (χ2n) is 1.77. The van der Waals surface area contributed by atoms with Crippen LogP contribution in [0.3, 0.4) is 0 Å². The average molecular weight is 192 g/mol. The smallest absolute Gasteiger partial charge is 0.450 e. The van der Waals surface area contributed by atoms with Gasteiger partial charge in [0.05, 0.1) is 0 Å². The van der Waals surface area contributed by atoms with Gasteiger partial charge in [0.15, 0.2) is 0 Å². The van der Waals surface area contributed by atoms with Crippen LogP contribution in [-0.4, -0.2) is 35.2 Å². The molecule has 0 aromatic rings. The van der Waals surface area contributed by atoms with Crippen LogP contribution in [0.2, 0.25) is 0 Å². The lowest BCUT2D eigenvalue weighted by Crippen LogP contribution is -2.20. The molecule has 0 saturated heterocycles. The molecule has 0 saturated carbocycles. The molecule has 76 valence electrons. The molecule has 0 amide bonds. The van der Waals surface area contributed by atoms with Crippen LogP contribution in [0.4, 0.5) is 9.59 Å². The first-order chi connectivity index (χ1) is 6.02. The fraction of sp³-hybridized carbons (Fsp3) is 0.429. The second kappa shape index (κ2) is 8.38. The highest BCUT2D eigenvalue weighted by Gasteiger charge is 2.09. The molecule has 0 aliphatic carbocycles. The third kappa shape index (κ3) is 13.3. The summed E-state index contributed by atoms with van der Waals surface area (Å²) in [6.07, 6.45) is -3.68. The highest BCUT2D eigenvalue weighted by molar-refractivity contribution is 5.58. The minimum absolute atomic E-state index is 0.290. The van der Waals surface area contributed by atoms with Crippen LogP contribution in [0, 0.1) is 0 Å². The van der Waals surface area contributed by atoms with Gasteiger partial charge in [-0.2, -0.15) is 0 Å². The molecule has 0 aliphatic rings. The summed E-state index contributed by atoms with van der Waals surface area (Å²) in [6.45, 7) is 7.10. The molecule has 0 bridgehead atoms. The van der Waals surface area contributed by atoms with E-state index in [1.807, 2.05) is 0 Å². The predicted octanol–water partition coefficient (Wildman–Crippen LogP) is 1.57. The van der Waals surface area contributed by atoms with Crippen molar-refractivity contribution < 1.29 is 29.3 Å². The van der Waals surface area contributed by atoms with Crippen molar-refractivity contribution >= 4 is 12.3 Å². The molecule has 0 fully saturated rings. The molecule has 0 aromatic heterocycles. The van der Waals surface area contributed by atoms with Gasteiger partial charge in [0.25, 0.3) is 0 Å². The van der Waals surface area contributed by atoms with Crippen LogP contribution in [0.25, 0.3) is 0 Å². The maximum absolute atomic E-state index is 9.83. The first-order valence-electron chi connectivity index (χ1n) is 3.27. The Balaban J connectivity index is 0. The summed E-state index contributed by atoms with van der Waals surface area (Å²) in [5.41, 5.74) is 0. The SMILES string of the molecule is C=C.CC(COC(=O)O)OC(=O)O. The molecule has 0 spiro atoms. The second-order valence-corrected chi connectivity index (χ2v) is 1.77. The summed E-state index contributed by atoms with van der Waals surface area (Å²) in [5.74, 6) is 0. The molecule has 6 nitrogen and oxygen atoms in total. The van der Waals surface area contributed by atoms with Gasteiger partial charge in [-0.25, -0.2) is 9.59 Å². The lowest BCUT2D eigenvalue weighted by Gasteiger charge is -2.08. The number of rotatable bonds is 3. The van der Waals surface area contributed by atoms with Crippen molar-refractivity contribution in [3.05, 3.63) is 13.2 Å². The highest BCUT2D eigenvalue weighted by atomic mass is 16.7. The van der Waals surface area contributed by atoms with E-state index in [9.17, 15) is 9.59 Å². The Morgan fingerprint density at radius 3 is 2.08 bits per heavy atom. The van der Waals surface area contributed by atoms with E-state index in [4.69, 9.17) is 10.2 Å². The fourth-order valence-corrected chi connectivity index (χ4v) is 0.395. The third-order valence-electron chi connectivity index (χ3n) is 0.744. The van der Waals surface area contributed by atoms with E-state index in [0.29, 0.717) is 0 Å². The Hall–Kier alpha value is -1.72. The molecule has 6 heteroatoms. The van der Waals surface area contributed by atoms with Gasteiger partial charge < -0.3 is 19.7 Å². The van der Waals surface area contributed by atoms with E-state index in [1.54, 1.807) is 0 Å².